The number of thioether (sulfide) groups is 1. The van der Waals surface area contributed by atoms with Crippen LogP contribution >= 0.6 is 24.2 Å². The number of aryl methyl sites for hydroxylation is 1. The summed E-state index contributed by atoms with van der Waals surface area (Å²) in [7, 11) is 0. The summed E-state index contributed by atoms with van der Waals surface area (Å²) in [6.45, 7) is 5.93. The molecule has 0 aliphatic heterocycles. The summed E-state index contributed by atoms with van der Waals surface area (Å²) >= 11 is 1.62. The fourth-order valence-electron chi connectivity index (χ4n) is 2.56. The zero-order valence-electron chi connectivity index (χ0n) is 15.6. The van der Waals surface area contributed by atoms with Gasteiger partial charge in [-0.2, -0.15) is 0 Å². The first-order valence-corrected chi connectivity index (χ1v) is 9.79. The molecule has 0 aliphatic rings. The number of nitrogen functional groups attached to an aromatic ring is 1. The highest BCUT2D eigenvalue weighted by Crippen LogP contribution is 2.16. The van der Waals surface area contributed by atoms with Gasteiger partial charge >= 0.3 is 0 Å². The topological polar surface area (TPSA) is 85.8 Å². The molecule has 0 unspecified atom stereocenters. The van der Waals surface area contributed by atoms with Gasteiger partial charge in [-0.1, -0.05) is 37.7 Å². The van der Waals surface area contributed by atoms with Gasteiger partial charge in [-0.25, -0.2) is 0 Å². The summed E-state index contributed by atoms with van der Waals surface area (Å²) in [6.07, 6.45) is 4.04. The molecule has 26 heavy (non-hydrogen) atoms. The van der Waals surface area contributed by atoms with Crippen LogP contribution in [0.4, 0.5) is 5.69 Å². The van der Waals surface area contributed by atoms with E-state index in [4.69, 9.17) is 5.73 Å². The van der Waals surface area contributed by atoms with Crippen LogP contribution in [0.5, 0.6) is 0 Å². The molecule has 0 bridgehead atoms. The van der Waals surface area contributed by atoms with Crippen molar-refractivity contribution in [2.45, 2.75) is 44.8 Å². The van der Waals surface area contributed by atoms with Crippen LogP contribution in [0.25, 0.3) is 0 Å². The SMILES string of the molecule is CSc1nnc(CCCNC(=O)Cc2ccc(N)cc2)n1CC(C)C.Cl. The molecule has 1 amide bonds. The van der Waals surface area contributed by atoms with E-state index in [1.807, 2.05) is 30.5 Å². The number of aromatic nitrogens is 3. The summed E-state index contributed by atoms with van der Waals surface area (Å²) in [5, 5.41) is 12.5. The van der Waals surface area contributed by atoms with E-state index in [9.17, 15) is 4.79 Å². The maximum Gasteiger partial charge on any atom is 0.224 e. The van der Waals surface area contributed by atoms with E-state index in [2.05, 4.69) is 33.9 Å². The van der Waals surface area contributed by atoms with Crippen molar-refractivity contribution in [3.05, 3.63) is 35.7 Å². The molecule has 0 saturated carbocycles. The minimum Gasteiger partial charge on any atom is -0.399 e. The van der Waals surface area contributed by atoms with Crippen LogP contribution in [0.15, 0.2) is 29.4 Å². The number of amides is 1. The number of rotatable bonds is 9. The molecule has 0 radical (unpaired) electrons. The summed E-state index contributed by atoms with van der Waals surface area (Å²) in [5.41, 5.74) is 7.32. The lowest BCUT2D eigenvalue weighted by Crippen LogP contribution is -2.26. The van der Waals surface area contributed by atoms with E-state index >= 15 is 0 Å². The van der Waals surface area contributed by atoms with E-state index in [0.29, 0.717) is 24.6 Å². The highest BCUT2D eigenvalue weighted by atomic mass is 35.5. The number of carbonyl (C=O) groups is 1. The predicted octanol–water partition coefficient (Wildman–Crippen LogP) is 2.95. The van der Waals surface area contributed by atoms with Crippen LogP contribution in [0.3, 0.4) is 0 Å². The molecular formula is C18H28ClN5OS. The van der Waals surface area contributed by atoms with Crippen LogP contribution < -0.4 is 11.1 Å². The van der Waals surface area contributed by atoms with E-state index < -0.39 is 0 Å². The third-order valence-electron chi connectivity index (χ3n) is 3.77. The van der Waals surface area contributed by atoms with Crippen LogP contribution in [0.2, 0.25) is 0 Å². The van der Waals surface area contributed by atoms with Crippen LogP contribution in [-0.2, 0) is 24.2 Å². The number of nitrogens with two attached hydrogens (primary N) is 1. The van der Waals surface area contributed by atoms with Gasteiger partial charge in [0.05, 0.1) is 6.42 Å². The number of nitrogens with zero attached hydrogens (tertiary/aromatic N) is 3. The van der Waals surface area contributed by atoms with Gasteiger partial charge in [0, 0.05) is 25.2 Å². The number of hydrogen-bond acceptors (Lipinski definition) is 5. The molecule has 1 aromatic heterocycles. The molecular weight excluding hydrogens is 370 g/mol. The molecule has 1 aromatic carbocycles. The Kier molecular flexibility index (Phi) is 9.51. The number of carbonyl (C=O) groups excluding carboxylic acids is 1. The van der Waals surface area contributed by atoms with Crippen LogP contribution in [-0.4, -0.2) is 33.5 Å². The molecule has 3 N–H and O–H groups in total. The van der Waals surface area contributed by atoms with Gasteiger partial charge < -0.3 is 15.6 Å². The molecule has 144 valence electrons. The third-order valence-corrected chi connectivity index (χ3v) is 4.43. The van der Waals surface area contributed by atoms with Crippen LogP contribution in [0.1, 0.15) is 31.7 Å². The van der Waals surface area contributed by atoms with Crippen molar-refractivity contribution in [2.75, 3.05) is 18.5 Å². The second-order valence-electron chi connectivity index (χ2n) is 6.48. The first-order valence-electron chi connectivity index (χ1n) is 8.56. The fraction of sp³-hybridized carbons (Fsp3) is 0.500. The Labute approximate surface area is 165 Å². The Morgan fingerprint density at radius 3 is 2.58 bits per heavy atom. The molecule has 0 aliphatic carbocycles. The van der Waals surface area contributed by atoms with Crippen molar-refractivity contribution in [3.8, 4) is 0 Å². The van der Waals surface area contributed by atoms with Crippen molar-refractivity contribution < 1.29 is 4.79 Å². The Bertz CT molecular complexity index is 687. The van der Waals surface area contributed by atoms with Gasteiger partial charge in [-0.05, 0) is 36.3 Å². The van der Waals surface area contributed by atoms with E-state index in [1.165, 1.54) is 0 Å². The minimum absolute atomic E-state index is 0. The largest absolute Gasteiger partial charge is 0.399 e. The number of hydrogen-bond donors (Lipinski definition) is 2. The quantitative estimate of drug-likeness (QED) is 0.386. The Morgan fingerprint density at radius 1 is 1.27 bits per heavy atom. The lowest BCUT2D eigenvalue weighted by molar-refractivity contribution is -0.120. The summed E-state index contributed by atoms with van der Waals surface area (Å²) < 4.78 is 2.19. The number of benzene rings is 1. The third kappa shape index (κ3) is 6.88. The normalized spacial score (nSPS) is 10.6. The number of nitrogens with one attached hydrogen (secondary N) is 1. The molecule has 0 atom stereocenters. The van der Waals surface area contributed by atoms with Crippen LogP contribution in [0, 0.1) is 5.92 Å². The van der Waals surface area contributed by atoms with Gasteiger partial charge in [-0.3, -0.25) is 4.79 Å². The lowest BCUT2D eigenvalue weighted by atomic mass is 10.1. The van der Waals surface area contributed by atoms with Gasteiger partial charge in [0.15, 0.2) is 5.16 Å². The first-order chi connectivity index (χ1) is 12.0. The van der Waals surface area contributed by atoms with Gasteiger partial charge in [0.25, 0.3) is 0 Å². The standard InChI is InChI=1S/C18H27N5OS.ClH/c1-13(2)12-23-16(21-22-18(23)25-3)5-4-10-20-17(24)11-14-6-8-15(19)9-7-14;/h6-9,13H,4-5,10-12,19H2,1-3H3,(H,20,24);1H. The Morgan fingerprint density at radius 2 is 1.96 bits per heavy atom. The number of halogens is 1. The monoisotopic (exact) mass is 397 g/mol. The van der Waals surface area contributed by atoms with Gasteiger partial charge in [-0.15, -0.1) is 22.6 Å². The second kappa shape index (κ2) is 11.1. The van der Waals surface area contributed by atoms with E-state index in [1.54, 1.807) is 11.8 Å². The van der Waals surface area contributed by atoms with Gasteiger partial charge in [0.2, 0.25) is 5.91 Å². The highest BCUT2D eigenvalue weighted by molar-refractivity contribution is 7.98. The van der Waals surface area contributed by atoms with E-state index in [-0.39, 0.29) is 18.3 Å². The van der Waals surface area contributed by atoms with Crippen molar-refractivity contribution in [2.24, 2.45) is 5.92 Å². The predicted molar refractivity (Wildman–Crippen MR) is 110 cm³/mol. The molecule has 8 heteroatoms. The maximum absolute atomic E-state index is 12.0. The molecule has 0 saturated heterocycles. The maximum atomic E-state index is 12.0. The first kappa shape index (κ1) is 22.3. The molecule has 1 heterocycles. The molecule has 2 aromatic rings. The Hall–Kier alpha value is -1.73. The Balaban J connectivity index is 0.00000338. The molecule has 0 fully saturated rings. The van der Waals surface area contributed by atoms with Gasteiger partial charge in [0.1, 0.15) is 5.82 Å². The average molecular weight is 398 g/mol. The van der Waals surface area contributed by atoms with Crippen molar-refractivity contribution in [3.63, 3.8) is 0 Å². The van der Waals surface area contributed by atoms with Crippen molar-refractivity contribution in [1.82, 2.24) is 20.1 Å². The minimum atomic E-state index is 0. The van der Waals surface area contributed by atoms with Crippen molar-refractivity contribution >= 4 is 35.8 Å². The highest BCUT2D eigenvalue weighted by Gasteiger charge is 2.12. The average Bonchev–Trinajstić information content (AvgIpc) is 2.95. The van der Waals surface area contributed by atoms with Crippen molar-refractivity contribution in [1.29, 1.82) is 0 Å². The summed E-state index contributed by atoms with van der Waals surface area (Å²) in [4.78, 5) is 12.0. The molecule has 6 nitrogen and oxygen atoms in total. The summed E-state index contributed by atoms with van der Waals surface area (Å²) in [5.74, 6) is 1.56. The second-order valence-corrected chi connectivity index (χ2v) is 7.25. The fourth-order valence-corrected chi connectivity index (χ4v) is 3.08. The zero-order chi connectivity index (χ0) is 18.2. The lowest BCUT2D eigenvalue weighted by Gasteiger charge is -2.11. The molecule has 0 spiro atoms. The molecule has 2 rings (SSSR count). The zero-order valence-corrected chi connectivity index (χ0v) is 17.2. The van der Waals surface area contributed by atoms with E-state index in [0.717, 1.165) is 35.9 Å². The smallest absolute Gasteiger partial charge is 0.224 e. The number of anilines is 1. The summed E-state index contributed by atoms with van der Waals surface area (Å²) in [6, 6.07) is 7.39.